The van der Waals surface area contributed by atoms with Crippen LogP contribution in [0, 0.1) is 0 Å². The molecule has 0 fully saturated rings. The predicted octanol–water partition coefficient (Wildman–Crippen LogP) is 1.86. The van der Waals surface area contributed by atoms with Crippen LogP contribution in [-0.2, 0) is 6.42 Å². The normalized spacial score (nSPS) is 14.0. The number of aliphatic hydroxyl groups is 1. The first-order valence-electron chi connectivity index (χ1n) is 6.00. The number of rotatable bonds is 5. The van der Waals surface area contributed by atoms with Crippen molar-refractivity contribution in [2.24, 2.45) is 0 Å². The minimum atomic E-state index is 0.288. The lowest BCUT2D eigenvalue weighted by molar-refractivity contribution is 0.286. The quantitative estimate of drug-likeness (QED) is 0.744. The minimum Gasteiger partial charge on any atom is -0.396 e. The molecule has 1 aliphatic heterocycles. The monoisotopic (exact) mass is 220 g/mol. The Kier molecular flexibility index (Phi) is 3.67. The molecule has 3 heteroatoms. The number of anilines is 2. The van der Waals surface area contributed by atoms with Gasteiger partial charge in [0.2, 0.25) is 0 Å². The van der Waals surface area contributed by atoms with Crippen LogP contribution in [0.1, 0.15) is 18.4 Å². The third-order valence-corrected chi connectivity index (χ3v) is 3.12. The fourth-order valence-electron chi connectivity index (χ4n) is 2.15. The van der Waals surface area contributed by atoms with Crippen LogP contribution in [-0.4, -0.2) is 31.9 Å². The highest BCUT2D eigenvalue weighted by Crippen LogP contribution is 2.28. The number of benzene rings is 1. The van der Waals surface area contributed by atoms with Gasteiger partial charge in [-0.2, -0.15) is 0 Å². The SMILES string of the molecule is CN1CCc2cc(NCCCCO)ccc21. The molecule has 0 unspecified atom stereocenters. The highest BCUT2D eigenvalue weighted by molar-refractivity contribution is 5.63. The maximum absolute atomic E-state index is 8.69. The lowest BCUT2D eigenvalue weighted by Crippen LogP contribution is -2.12. The lowest BCUT2D eigenvalue weighted by Gasteiger charge is -2.12. The average Bonchev–Trinajstić information content (AvgIpc) is 2.66. The summed E-state index contributed by atoms with van der Waals surface area (Å²) in [5.74, 6) is 0. The van der Waals surface area contributed by atoms with Gasteiger partial charge in [-0.25, -0.2) is 0 Å². The largest absolute Gasteiger partial charge is 0.396 e. The minimum absolute atomic E-state index is 0.288. The number of aliphatic hydroxyl groups excluding tert-OH is 1. The Morgan fingerprint density at radius 1 is 1.38 bits per heavy atom. The van der Waals surface area contributed by atoms with Gasteiger partial charge in [0.05, 0.1) is 0 Å². The smallest absolute Gasteiger partial charge is 0.0431 e. The summed E-state index contributed by atoms with van der Waals surface area (Å²) in [5, 5.41) is 12.1. The molecular weight excluding hydrogens is 200 g/mol. The van der Waals surface area contributed by atoms with Gasteiger partial charge in [0.15, 0.2) is 0 Å². The Labute approximate surface area is 97.1 Å². The van der Waals surface area contributed by atoms with E-state index in [0.717, 1.165) is 32.4 Å². The number of likely N-dealkylation sites (N-methyl/N-ethyl adjacent to an activating group) is 1. The van der Waals surface area contributed by atoms with Crippen molar-refractivity contribution in [3.8, 4) is 0 Å². The molecule has 0 spiro atoms. The van der Waals surface area contributed by atoms with Crippen molar-refractivity contribution in [3.05, 3.63) is 23.8 Å². The van der Waals surface area contributed by atoms with Gasteiger partial charge in [0, 0.05) is 38.1 Å². The summed E-state index contributed by atoms with van der Waals surface area (Å²) in [6.07, 6.45) is 3.05. The molecule has 0 saturated carbocycles. The van der Waals surface area contributed by atoms with Crippen molar-refractivity contribution < 1.29 is 5.11 Å². The Bertz CT molecular complexity index is 352. The molecule has 88 valence electrons. The van der Waals surface area contributed by atoms with Crippen molar-refractivity contribution >= 4 is 11.4 Å². The fraction of sp³-hybridized carbons (Fsp3) is 0.538. The average molecular weight is 220 g/mol. The molecule has 3 nitrogen and oxygen atoms in total. The first kappa shape index (κ1) is 11.3. The Morgan fingerprint density at radius 3 is 3.06 bits per heavy atom. The number of hydrogen-bond donors (Lipinski definition) is 2. The van der Waals surface area contributed by atoms with Crippen molar-refractivity contribution in [2.75, 3.05) is 37.0 Å². The Hall–Kier alpha value is -1.22. The van der Waals surface area contributed by atoms with Gasteiger partial charge in [-0.15, -0.1) is 0 Å². The zero-order valence-corrected chi connectivity index (χ0v) is 9.87. The number of hydrogen-bond acceptors (Lipinski definition) is 3. The van der Waals surface area contributed by atoms with E-state index in [0.29, 0.717) is 0 Å². The first-order chi connectivity index (χ1) is 7.81. The van der Waals surface area contributed by atoms with Crippen molar-refractivity contribution in [2.45, 2.75) is 19.3 Å². The van der Waals surface area contributed by atoms with Gasteiger partial charge >= 0.3 is 0 Å². The number of unbranched alkanes of at least 4 members (excludes halogenated alkanes) is 1. The topological polar surface area (TPSA) is 35.5 Å². The molecule has 1 aromatic rings. The van der Waals surface area contributed by atoms with Crippen LogP contribution in [0.25, 0.3) is 0 Å². The van der Waals surface area contributed by atoms with Crippen LogP contribution in [0.4, 0.5) is 11.4 Å². The van der Waals surface area contributed by atoms with Gasteiger partial charge in [-0.1, -0.05) is 0 Å². The summed E-state index contributed by atoms with van der Waals surface area (Å²) in [6, 6.07) is 6.58. The maximum Gasteiger partial charge on any atom is 0.0431 e. The second-order valence-electron chi connectivity index (χ2n) is 4.37. The second-order valence-corrected chi connectivity index (χ2v) is 4.37. The molecule has 1 aliphatic rings. The first-order valence-corrected chi connectivity index (χ1v) is 6.00. The predicted molar refractivity (Wildman–Crippen MR) is 68.2 cm³/mol. The highest BCUT2D eigenvalue weighted by atomic mass is 16.2. The van der Waals surface area contributed by atoms with Crippen LogP contribution in [0.15, 0.2) is 18.2 Å². The number of fused-ring (bicyclic) bond motifs is 1. The van der Waals surface area contributed by atoms with Crippen LogP contribution < -0.4 is 10.2 Å². The summed E-state index contributed by atoms with van der Waals surface area (Å²) in [7, 11) is 2.14. The third kappa shape index (κ3) is 2.47. The van der Waals surface area contributed by atoms with E-state index >= 15 is 0 Å². The van der Waals surface area contributed by atoms with Crippen molar-refractivity contribution in [3.63, 3.8) is 0 Å². The van der Waals surface area contributed by atoms with Crippen molar-refractivity contribution in [1.82, 2.24) is 0 Å². The third-order valence-electron chi connectivity index (χ3n) is 3.12. The molecule has 0 atom stereocenters. The summed E-state index contributed by atoms with van der Waals surface area (Å²) >= 11 is 0. The van der Waals surface area contributed by atoms with Crippen LogP contribution in [0.5, 0.6) is 0 Å². The van der Waals surface area contributed by atoms with Gasteiger partial charge in [-0.3, -0.25) is 0 Å². The van der Waals surface area contributed by atoms with Crippen LogP contribution >= 0.6 is 0 Å². The standard InChI is InChI=1S/C13H20N2O/c1-15-8-6-11-10-12(4-5-13(11)15)14-7-2-3-9-16/h4-5,10,14,16H,2-3,6-9H2,1H3. The molecule has 0 amide bonds. The zero-order chi connectivity index (χ0) is 11.4. The molecule has 0 aliphatic carbocycles. The molecule has 16 heavy (non-hydrogen) atoms. The highest BCUT2D eigenvalue weighted by Gasteiger charge is 2.15. The Balaban J connectivity index is 1.92. The zero-order valence-electron chi connectivity index (χ0n) is 9.87. The maximum atomic E-state index is 8.69. The molecule has 0 bridgehead atoms. The van der Waals surface area contributed by atoms with Crippen LogP contribution in [0.2, 0.25) is 0 Å². The van der Waals surface area contributed by atoms with Crippen LogP contribution in [0.3, 0.4) is 0 Å². The Morgan fingerprint density at radius 2 is 2.25 bits per heavy atom. The number of nitrogens with zero attached hydrogens (tertiary/aromatic N) is 1. The fourth-order valence-corrected chi connectivity index (χ4v) is 2.15. The molecule has 1 heterocycles. The molecule has 1 aromatic carbocycles. The van der Waals surface area contributed by atoms with E-state index in [-0.39, 0.29) is 6.61 Å². The van der Waals surface area contributed by atoms with E-state index in [1.165, 1.54) is 16.9 Å². The number of nitrogens with one attached hydrogen (secondary N) is 1. The molecule has 0 aromatic heterocycles. The summed E-state index contributed by atoms with van der Waals surface area (Å²) < 4.78 is 0. The van der Waals surface area contributed by atoms with Gasteiger partial charge < -0.3 is 15.3 Å². The summed E-state index contributed by atoms with van der Waals surface area (Å²) in [4.78, 5) is 2.30. The molecular formula is C13H20N2O. The molecule has 0 radical (unpaired) electrons. The lowest BCUT2D eigenvalue weighted by atomic mass is 10.1. The molecule has 2 rings (SSSR count). The molecule has 2 N–H and O–H groups in total. The van der Waals surface area contributed by atoms with E-state index in [1.54, 1.807) is 0 Å². The van der Waals surface area contributed by atoms with E-state index in [9.17, 15) is 0 Å². The summed E-state index contributed by atoms with van der Waals surface area (Å²) in [6.45, 7) is 2.36. The van der Waals surface area contributed by atoms with Gasteiger partial charge in [0.25, 0.3) is 0 Å². The van der Waals surface area contributed by atoms with Gasteiger partial charge in [0.1, 0.15) is 0 Å². The van der Waals surface area contributed by atoms with E-state index in [1.807, 2.05) is 0 Å². The summed E-state index contributed by atoms with van der Waals surface area (Å²) in [5.41, 5.74) is 4.00. The second kappa shape index (κ2) is 5.21. The van der Waals surface area contributed by atoms with E-state index < -0.39 is 0 Å². The van der Waals surface area contributed by atoms with Crippen molar-refractivity contribution in [1.29, 1.82) is 0 Å². The molecule has 0 saturated heterocycles. The van der Waals surface area contributed by atoms with E-state index in [2.05, 4.69) is 35.5 Å². The van der Waals surface area contributed by atoms with E-state index in [4.69, 9.17) is 5.11 Å². The van der Waals surface area contributed by atoms with Gasteiger partial charge in [-0.05, 0) is 43.0 Å².